The van der Waals surface area contributed by atoms with Crippen LogP contribution < -0.4 is 14.3 Å². The fraction of sp³-hybridized carbons (Fsp3) is 0.238. The van der Waals surface area contributed by atoms with Crippen molar-refractivity contribution in [1.82, 2.24) is 4.57 Å². The van der Waals surface area contributed by atoms with Crippen molar-refractivity contribution in [1.29, 1.82) is 0 Å². The number of carbonyl (C=O) groups excluding carboxylic acids is 1. The molecule has 0 fully saturated rings. The molecule has 3 aromatic rings. The van der Waals surface area contributed by atoms with Gasteiger partial charge in [-0.25, -0.2) is 0 Å². The molecule has 1 aliphatic heterocycles. The van der Waals surface area contributed by atoms with Crippen LogP contribution in [0, 0.1) is 13.8 Å². The lowest BCUT2D eigenvalue weighted by Gasteiger charge is -2.05. The monoisotopic (exact) mass is 380 g/mol. The van der Waals surface area contributed by atoms with Crippen LogP contribution in [0.5, 0.6) is 11.5 Å². The van der Waals surface area contributed by atoms with E-state index in [4.69, 9.17) is 9.47 Å². The molecular weight excluding hydrogens is 360 g/mol. The normalized spacial score (nSPS) is 13.3. The largest absolute Gasteiger partial charge is 0.454 e. The third-order valence-corrected chi connectivity index (χ3v) is 5.60. The smallest absolute Gasteiger partial charge is 0.252 e. The van der Waals surface area contributed by atoms with E-state index in [2.05, 4.69) is 11.6 Å². The third-order valence-electron chi connectivity index (χ3n) is 4.56. The van der Waals surface area contributed by atoms with Crippen molar-refractivity contribution in [3.8, 4) is 11.5 Å². The zero-order chi connectivity index (χ0) is 19.0. The fourth-order valence-electron chi connectivity index (χ4n) is 3.15. The van der Waals surface area contributed by atoms with Gasteiger partial charge >= 0.3 is 0 Å². The van der Waals surface area contributed by atoms with Gasteiger partial charge in [0, 0.05) is 18.7 Å². The highest BCUT2D eigenvalue weighted by Crippen LogP contribution is 2.36. The minimum Gasteiger partial charge on any atom is -0.454 e. The van der Waals surface area contributed by atoms with Gasteiger partial charge < -0.3 is 14.0 Å². The number of allylic oxidation sites excluding steroid dienone is 1. The second-order valence-corrected chi connectivity index (χ2v) is 7.58. The molecule has 5 nitrogen and oxygen atoms in total. The van der Waals surface area contributed by atoms with Gasteiger partial charge in [-0.15, -0.1) is 6.58 Å². The Morgan fingerprint density at radius 2 is 2.04 bits per heavy atom. The summed E-state index contributed by atoms with van der Waals surface area (Å²) in [6.45, 7) is 8.67. The highest BCUT2D eigenvalue weighted by molar-refractivity contribution is 7.16. The number of benzene rings is 2. The summed E-state index contributed by atoms with van der Waals surface area (Å²) in [5.41, 5.74) is 4.22. The van der Waals surface area contributed by atoms with Crippen LogP contribution in [0.4, 0.5) is 0 Å². The number of thiazole rings is 1. The molecule has 1 aromatic heterocycles. The van der Waals surface area contributed by atoms with E-state index < -0.39 is 0 Å². The second kappa shape index (κ2) is 7.04. The molecule has 4 rings (SSSR count). The summed E-state index contributed by atoms with van der Waals surface area (Å²) in [6.07, 6.45) is 2.09. The summed E-state index contributed by atoms with van der Waals surface area (Å²) in [5, 5.41) is 0. The number of carbonyl (C=O) groups is 1. The summed E-state index contributed by atoms with van der Waals surface area (Å²) in [6, 6.07) is 10.0. The molecule has 0 unspecified atom stereocenters. The maximum atomic E-state index is 12.6. The standard InChI is InChI=1S/C21H20N2O3S/c1-4-7-23-16-10-17-18(26-12-25-17)11-19(16)27-21(23)22-20(24)9-15-8-13(2)5-6-14(15)3/h4-6,8,10-11H,1,7,9,12H2,2-3H3. The molecule has 0 saturated heterocycles. The van der Waals surface area contributed by atoms with Crippen molar-refractivity contribution < 1.29 is 14.3 Å². The SMILES string of the molecule is C=CCn1c(=NC(=O)Cc2cc(C)ccc2C)sc2cc3c(cc21)OCO3. The first-order chi connectivity index (χ1) is 13.0. The number of aromatic nitrogens is 1. The van der Waals surface area contributed by atoms with E-state index in [0.717, 1.165) is 32.7 Å². The van der Waals surface area contributed by atoms with Gasteiger partial charge in [-0.2, -0.15) is 4.99 Å². The molecule has 0 bridgehead atoms. The molecule has 1 aliphatic rings. The van der Waals surface area contributed by atoms with Crippen LogP contribution in [0.1, 0.15) is 16.7 Å². The van der Waals surface area contributed by atoms with E-state index in [-0.39, 0.29) is 12.7 Å². The maximum absolute atomic E-state index is 12.6. The third kappa shape index (κ3) is 3.40. The molecule has 27 heavy (non-hydrogen) atoms. The Morgan fingerprint density at radius 1 is 1.26 bits per heavy atom. The van der Waals surface area contributed by atoms with E-state index in [0.29, 0.717) is 23.5 Å². The van der Waals surface area contributed by atoms with Crippen LogP contribution in [-0.4, -0.2) is 17.3 Å². The molecule has 0 radical (unpaired) electrons. The first-order valence-corrected chi connectivity index (χ1v) is 9.54. The van der Waals surface area contributed by atoms with Gasteiger partial charge in [-0.05, 0) is 25.0 Å². The number of ether oxygens (including phenoxy) is 2. The van der Waals surface area contributed by atoms with Crippen LogP contribution in [0.15, 0.2) is 48.0 Å². The molecule has 0 saturated carbocycles. The summed E-state index contributed by atoms with van der Waals surface area (Å²) < 4.78 is 13.9. The minimum atomic E-state index is -0.159. The Balaban J connectivity index is 1.75. The molecule has 138 valence electrons. The van der Waals surface area contributed by atoms with Crippen molar-refractivity contribution in [2.24, 2.45) is 4.99 Å². The zero-order valence-corrected chi connectivity index (χ0v) is 16.1. The summed E-state index contributed by atoms with van der Waals surface area (Å²) in [7, 11) is 0. The van der Waals surface area contributed by atoms with Crippen molar-refractivity contribution >= 4 is 27.5 Å². The zero-order valence-electron chi connectivity index (χ0n) is 15.3. The first-order valence-electron chi connectivity index (χ1n) is 8.72. The van der Waals surface area contributed by atoms with E-state index >= 15 is 0 Å². The highest BCUT2D eigenvalue weighted by atomic mass is 32.1. The van der Waals surface area contributed by atoms with E-state index in [1.807, 2.05) is 48.7 Å². The van der Waals surface area contributed by atoms with Crippen molar-refractivity contribution in [2.75, 3.05) is 6.79 Å². The van der Waals surface area contributed by atoms with Crippen molar-refractivity contribution in [3.63, 3.8) is 0 Å². The predicted octanol–water partition coefficient (Wildman–Crippen LogP) is 3.90. The number of hydrogen-bond donors (Lipinski definition) is 0. The van der Waals surface area contributed by atoms with Crippen LogP contribution in [-0.2, 0) is 17.8 Å². The summed E-state index contributed by atoms with van der Waals surface area (Å²) in [4.78, 5) is 17.7. The number of aryl methyl sites for hydroxylation is 2. The van der Waals surface area contributed by atoms with Crippen LogP contribution in [0.3, 0.4) is 0 Å². The molecule has 2 heterocycles. The second-order valence-electron chi connectivity index (χ2n) is 6.57. The van der Waals surface area contributed by atoms with Gasteiger partial charge in [0.1, 0.15) is 0 Å². The Bertz CT molecular complexity index is 1120. The van der Waals surface area contributed by atoms with Crippen molar-refractivity contribution in [2.45, 2.75) is 26.8 Å². The predicted molar refractivity (Wildman–Crippen MR) is 106 cm³/mol. The molecule has 6 heteroatoms. The number of fused-ring (bicyclic) bond motifs is 2. The number of amides is 1. The molecule has 0 spiro atoms. The Kier molecular flexibility index (Phi) is 4.58. The van der Waals surface area contributed by atoms with Gasteiger partial charge in [0.2, 0.25) is 6.79 Å². The van der Waals surface area contributed by atoms with Crippen molar-refractivity contribution in [3.05, 3.63) is 64.5 Å². The topological polar surface area (TPSA) is 52.8 Å². The quantitative estimate of drug-likeness (QED) is 0.645. The average Bonchev–Trinajstić information content (AvgIpc) is 3.21. The van der Waals surface area contributed by atoms with Crippen LogP contribution in [0.2, 0.25) is 0 Å². The lowest BCUT2D eigenvalue weighted by atomic mass is 10.0. The average molecular weight is 380 g/mol. The lowest BCUT2D eigenvalue weighted by molar-refractivity contribution is -0.117. The summed E-state index contributed by atoms with van der Waals surface area (Å²) >= 11 is 1.47. The van der Waals surface area contributed by atoms with E-state index in [9.17, 15) is 4.79 Å². The maximum Gasteiger partial charge on any atom is 0.252 e. The Morgan fingerprint density at radius 3 is 2.81 bits per heavy atom. The molecular formula is C21H20N2O3S. The lowest BCUT2D eigenvalue weighted by Crippen LogP contribution is -2.17. The highest BCUT2D eigenvalue weighted by Gasteiger charge is 2.17. The molecule has 0 N–H and O–H groups in total. The number of nitrogens with zero attached hydrogens (tertiary/aromatic N) is 2. The molecule has 0 atom stereocenters. The Labute approximate surface area is 161 Å². The van der Waals surface area contributed by atoms with E-state index in [1.165, 1.54) is 11.3 Å². The first kappa shape index (κ1) is 17.5. The van der Waals surface area contributed by atoms with Crippen LogP contribution >= 0.6 is 11.3 Å². The van der Waals surface area contributed by atoms with Gasteiger partial charge in [0.05, 0.1) is 16.6 Å². The van der Waals surface area contributed by atoms with Gasteiger partial charge in [0.25, 0.3) is 5.91 Å². The van der Waals surface area contributed by atoms with Gasteiger partial charge in [-0.1, -0.05) is 41.2 Å². The van der Waals surface area contributed by atoms with Gasteiger partial charge in [-0.3, -0.25) is 4.79 Å². The molecule has 1 amide bonds. The van der Waals surface area contributed by atoms with Crippen LogP contribution in [0.25, 0.3) is 10.2 Å². The van der Waals surface area contributed by atoms with E-state index in [1.54, 1.807) is 6.08 Å². The minimum absolute atomic E-state index is 0.159. The Hall–Kier alpha value is -2.86. The number of hydrogen-bond acceptors (Lipinski definition) is 4. The fourth-order valence-corrected chi connectivity index (χ4v) is 4.22. The van der Waals surface area contributed by atoms with Gasteiger partial charge in [0.15, 0.2) is 16.3 Å². The number of rotatable bonds is 4. The summed E-state index contributed by atoms with van der Waals surface area (Å²) in [5.74, 6) is 1.28. The molecule has 0 aliphatic carbocycles. The molecule has 2 aromatic carbocycles.